The van der Waals surface area contributed by atoms with Gasteiger partial charge in [-0.2, -0.15) is 0 Å². The van der Waals surface area contributed by atoms with E-state index in [1.165, 1.54) is 173 Å². The first kappa shape index (κ1) is 92.1. The van der Waals surface area contributed by atoms with Crippen LogP contribution in [0, 0.1) is 23.7 Å². The largest absolute Gasteiger partial charge is 0.472 e. The molecule has 4 unspecified atom stereocenters. The highest BCUT2D eigenvalue weighted by Crippen LogP contribution is 2.45. The molecule has 0 saturated heterocycles. The van der Waals surface area contributed by atoms with E-state index in [2.05, 4.69) is 55.4 Å². The van der Waals surface area contributed by atoms with Crippen molar-refractivity contribution in [3.05, 3.63) is 0 Å². The van der Waals surface area contributed by atoms with Crippen molar-refractivity contribution in [3.63, 3.8) is 0 Å². The van der Waals surface area contributed by atoms with Gasteiger partial charge in [0.15, 0.2) is 12.2 Å². The molecule has 0 heterocycles. The zero-order valence-corrected chi connectivity index (χ0v) is 63.4. The molecule has 0 bridgehead atoms. The average molecular weight is 1380 g/mol. The summed E-state index contributed by atoms with van der Waals surface area (Å²) >= 11 is 0. The smallest absolute Gasteiger partial charge is 0.462 e. The second-order valence-corrected chi connectivity index (χ2v) is 31.6. The van der Waals surface area contributed by atoms with Gasteiger partial charge in [0.2, 0.25) is 0 Å². The van der Waals surface area contributed by atoms with Crippen LogP contribution in [0.5, 0.6) is 0 Å². The van der Waals surface area contributed by atoms with Crippen molar-refractivity contribution in [2.45, 2.75) is 395 Å². The highest BCUT2D eigenvalue weighted by atomic mass is 31.2. The fourth-order valence-electron chi connectivity index (χ4n) is 11.3. The highest BCUT2D eigenvalue weighted by molar-refractivity contribution is 7.47. The zero-order valence-electron chi connectivity index (χ0n) is 61.6. The third-order valence-electron chi connectivity index (χ3n) is 17.7. The molecule has 0 aromatic carbocycles. The molecule has 0 amide bonds. The molecular weight excluding hydrogens is 1230 g/mol. The molecule has 558 valence electrons. The van der Waals surface area contributed by atoms with Crippen LogP contribution < -0.4 is 0 Å². The number of phosphoric acid groups is 2. The van der Waals surface area contributed by atoms with E-state index < -0.39 is 97.5 Å². The van der Waals surface area contributed by atoms with E-state index in [1.54, 1.807) is 0 Å². The number of hydrogen-bond acceptors (Lipinski definition) is 15. The van der Waals surface area contributed by atoms with Crippen molar-refractivity contribution in [1.82, 2.24) is 0 Å². The van der Waals surface area contributed by atoms with Crippen LogP contribution in [0.15, 0.2) is 0 Å². The molecular formula is C75H146O17P2. The van der Waals surface area contributed by atoms with E-state index in [-0.39, 0.29) is 25.7 Å². The van der Waals surface area contributed by atoms with Crippen molar-refractivity contribution in [2.24, 2.45) is 23.7 Å². The summed E-state index contributed by atoms with van der Waals surface area (Å²) in [6.45, 7) is 14.1. The molecule has 0 spiro atoms. The Hall–Kier alpha value is -1.94. The second-order valence-electron chi connectivity index (χ2n) is 28.7. The van der Waals surface area contributed by atoms with Crippen LogP contribution in [0.2, 0.25) is 0 Å². The van der Waals surface area contributed by atoms with E-state index in [0.717, 1.165) is 114 Å². The number of esters is 4. The molecule has 0 aromatic rings. The van der Waals surface area contributed by atoms with Crippen LogP contribution in [-0.2, 0) is 65.4 Å². The lowest BCUT2D eigenvalue weighted by molar-refractivity contribution is -0.161. The number of hydrogen-bond donors (Lipinski definition) is 3. The third-order valence-corrected chi connectivity index (χ3v) is 19.6. The minimum atomic E-state index is -4.96. The molecule has 0 fully saturated rings. The van der Waals surface area contributed by atoms with Crippen LogP contribution in [0.25, 0.3) is 0 Å². The first-order valence-electron chi connectivity index (χ1n) is 38.7. The first-order valence-corrected chi connectivity index (χ1v) is 41.7. The van der Waals surface area contributed by atoms with Crippen molar-refractivity contribution >= 4 is 39.5 Å². The summed E-state index contributed by atoms with van der Waals surface area (Å²) in [6.07, 6.45) is 48.7. The van der Waals surface area contributed by atoms with Crippen molar-refractivity contribution in [3.8, 4) is 0 Å². The van der Waals surface area contributed by atoms with Gasteiger partial charge in [-0.25, -0.2) is 9.13 Å². The SMILES string of the molecule is CCC(C)CCCCCCCCC(=O)O[C@H](COC(=O)CCCCCCCCCCCCCCCCCC(C)C)COP(=O)(O)OCC(O)COP(=O)(O)OC[C@@H](COC(=O)CCCCCCCCCC(C)C)OC(=O)CCCCCCCCCCCCCCCC(C)C. The van der Waals surface area contributed by atoms with Gasteiger partial charge in [-0.05, 0) is 49.4 Å². The summed E-state index contributed by atoms with van der Waals surface area (Å²) < 4.78 is 68.4. The maximum atomic E-state index is 13.0. The van der Waals surface area contributed by atoms with Gasteiger partial charge in [-0.15, -0.1) is 0 Å². The number of rotatable bonds is 72. The van der Waals surface area contributed by atoms with E-state index in [0.29, 0.717) is 31.6 Å². The Morgan fingerprint density at radius 3 is 0.755 bits per heavy atom. The van der Waals surface area contributed by atoms with Crippen molar-refractivity contribution < 1.29 is 80.2 Å². The van der Waals surface area contributed by atoms with E-state index in [1.807, 2.05) is 0 Å². The molecule has 94 heavy (non-hydrogen) atoms. The van der Waals surface area contributed by atoms with Gasteiger partial charge in [0, 0.05) is 25.7 Å². The zero-order chi connectivity index (χ0) is 69.6. The van der Waals surface area contributed by atoms with E-state index >= 15 is 0 Å². The number of aliphatic hydroxyl groups is 1. The summed E-state index contributed by atoms with van der Waals surface area (Å²) in [5.74, 6) is 0.892. The van der Waals surface area contributed by atoms with Crippen LogP contribution in [0.1, 0.15) is 376 Å². The topological polar surface area (TPSA) is 237 Å². The fourth-order valence-corrected chi connectivity index (χ4v) is 12.9. The predicted octanol–water partition coefficient (Wildman–Crippen LogP) is 21.7. The number of carbonyl (C=O) groups is 4. The lowest BCUT2D eigenvalue weighted by Gasteiger charge is -2.21. The number of phosphoric ester groups is 2. The number of unbranched alkanes of at least 4 members (excludes halogenated alkanes) is 37. The van der Waals surface area contributed by atoms with E-state index in [9.17, 15) is 43.2 Å². The summed E-state index contributed by atoms with van der Waals surface area (Å²) in [4.78, 5) is 72.7. The van der Waals surface area contributed by atoms with Crippen LogP contribution in [0.4, 0.5) is 0 Å². The van der Waals surface area contributed by atoms with Gasteiger partial charge < -0.3 is 33.8 Å². The van der Waals surface area contributed by atoms with Crippen LogP contribution in [-0.4, -0.2) is 96.7 Å². The second kappa shape index (κ2) is 64.4. The van der Waals surface area contributed by atoms with E-state index in [4.69, 9.17) is 37.0 Å². The molecule has 0 radical (unpaired) electrons. The lowest BCUT2D eigenvalue weighted by Crippen LogP contribution is -2.30. The van der Waals surface area contributed by atoms with Gasteiger partial charge in [-0.1, -0.05) is 325 Å². The van der Waals surface area contributed by atoms with Crippen molar-refractivity contribution in [2.75, 3.05) is 39.6 Å². The Labute approximate surface area is 575 Å². The molecule has 0 aliphatic carbocycles. The fraction of sp³-hybridized carbons (Fsp3) is 0.947. The molecule has 0 aliphatic rings. The lowest BCUT2D eigenvalue weighted by atomic mass is 10.00. The van der Waals surface area contributed by atoms with Gasteiger partial charge in [0.1, 0.15) is 19.3 Å². The number of aliphatic hydroxyl groups excluding tert-OH is 1. The summed E-state index contributed by atoms with van der Waals surface area (Å²) in [6, 6.07) is 0. The van der Waals surface area contributed by atoms with Crippen molar-refractivity contribution in [1.29, 1.82) is 0 Å². The molecule has 6 atom stereocenters. The molecule has 0 aliphatic heterocycles. The Bertz CT molecular complexity index is 1850. The quantitative estimate of drug-likeness (QED) is 0.0222. The number of carbonyl (C=O) groups excluding carboxylic acids is 4. The number of ether oxygens (including phenoxy) is 4. The summed E-state index contributed by atoms with van der Waals surface area (Å²) in [5, 5.41) is 10.6. The Morgan fingerprint density at radius 1 is 0.298 bits per heavy atom. The summed E-state index contributed by atoms with van der Waals surface area (Å²) in [7, 11) is -9.91. The van der Waals surface area contributed by atoms with Crippen LogP contribution >= 0.6 is 15.6 Å². The van der Waals surface area contributed by atoms with Crippen LogP contribution in [0.3, 0.4) is 0 Å². The molecule has 0 aromatic heterocycles. The highest BCUT2D eigenvalue weighted by Gasteiger charge is 2.30. The monoisotopic (exact) mass is 1380 g/mol. The van der Waals surface area contributed by atoms with Gasteiger partial charge >= 0.3 is 39.5 Å². The average Bonchev–Trinajstić information content (AvgIpc) is 1.62. The normalized spacial score (nSPS) is 14.4. The predicted molar refractivity (Wildman–Crippen MR) is 381 cm³/mol. The Balaban J connectivity index is 5.19. The minimum Gasteiger partial charge on any atom is -0.462 e. The molecule has 0 rings (SSSR count). The summed E-state index contributed by atoms with van der Waals surface area (Å²) in [5.41, 5.74) is 0. The third kappa shape index (κ3) is 67.3. The minimum absolute atomic E-state index is 0.103. The standard InChI is InChI=1S/C75H146O17P2/c1-9-68(8)54-46-38-33-34-42-50-58-75(80)92-71(62-85-72(77)55-47-39-30-24-20-16-12-10-11-14-18-22-27-35-43-51-65(2)3)64-90-94(83,84)88-60-69(76)59-87-93(81,82)89-63-70(61-86-73(78)56-48-40-32-26-29-37-45-53-67(6)7)91-74(79)57-49-41-31-25-21-17-13-15-19-23-28-36-44-52-66(4)5/h65-71,76H,9-64H2,1-8H3,(H,81,82)(H,83,84)/t68?,69?,70-,71-/m1/s1. The molecule has 19 heteroatoms. The molecule has 0 saturated carbocycles. The van der Waals surface area contributed by atoms with Gasteiger partial charge in [-0.3, -0.25) is 37.3 Å². The first-order chi connectivity index (χ1) is 45.1. The molecule has 3 N–H and O–H groups in total. The maximum absolute atomic E-state index is 13.0. The van der Waals surface area contributed by atoms with Gasteiger partial charge in [0.05, 0.1) is 26.4 Å². The Morgan fingerprint density at radius 2 is 0.511 bits per heavy atom. The Kier molecular flexibility index (Phi) is 63.1. The molecule has 17 nitrogen and oxygen atoms in total. The van der Waals surface area contributed by atoms with Gasteiger partial charge in [0.25, 0.3) is 0 Å². The maximum Gasteiger partial charge on any atom is 0.472 e.